The summed E-state index contributed by atoms with van der Waals surface area (Å²) in [5.74, 6) is 2.30. The highest BCUT2D eigenvalue weighted by atomic mass is 79.9. The lowest BCUT2D eigenvalue weighted by Crippen LogP contribution is -1.82. The maximum absolute atomic E-state index is 7.83. The first-order chi connectivity index (χ1) is 3.81. The third-order valence-electron chi connectivity index (χ3n) is 0.301. The smallest absolute Gasteiger partial charge is 0.299 e. The predicted molar refractivity (Wildman–Crippen MR) is 35.8 cm³/mol. The Morgan fingerprint density at radius 3 is 2.88 bits per heavy atom. The second-order valence-corrected chi connectivity index (χ2v) is 3.11. The largest absolute Gasteiger partial charge is 0.350 e. The molecule has 0 aromatic rings. The van der Waals surface area contributed by atoms with E-state index in [9.17, 15) is 0 Å². The number of hydrogen-bond donors (Lipinski definition) is 0. The number of alkyl halides is 1. The molecule has 0 amide bonds. The normalized spacial score (nSPS) is 10.9. The van der Waals surface area contributed by atoms with E-state index in [1.54, 1.807) is 0 Å². The average Bonchev–Trinajstić information content (AvgIpc) is 1.83. The van der Waals surface area contributed by atoms with Crippen molar-refractivity contribution in [3.8, 4) is 18.6 Å². The van der Waals surface area contributed by atoms with E-state index in [0.717, 1.165) is 12.0 Å². The molecule has 0 aromatic heterocycles. The summed E-state index contributed by atoms with van der Waals surface area (Å²) >= 11 is 3.92. The molecule has 1 unspecified atom stereocenters. The molecule has 4 heteroatoms. The van der Waals surface area contributed by atoms with Crippen molar-refractivity contribution in [2.24, 2.45) is 0 Å². The summed E-state index contributed by atoms with van der Waals surface area (Å²) in [5.41, 5.74) is 0. The van der Waals surface area contributed by atoms with Gasteiger partial charge in [0.1, 0.15) is 0 Å². The van der Waals surface area contributed by atoms with Gasteiger partial charge in [-0.2, -0.15) is 0 Å². The average molecular weight is 192 g/mol. The van der Waals surface area contributed by atoms with Gasteiger partial charge < -0.3 is 4.18 Å². The maximum atomic E-state index is 7.83. The summed E-state index contributed by atoms with van der Waals surface area (Å²) in [6, 6.07) is 0. The fraction of sp³-hybridized carbons (Fsp3) is 0.250. The molecule has 0 aliphatic heterocycles. The van der Waals surface area contributed by atoms with Crippen molar-refractivity contribution in [1.29, 1.82) is 5.26 Å². The van der Waals surface area contributed by atoms with E-state index in [-0.39, 0.29) is 4.16 Å². The van der Waals surface area contributed by atoms with Gasteiger partial charge in [-0.05, 0) is 0 Å². The first-order valence-corrected chi connectivity index (χ1v) is 3.35. The van der Waals surface area contributed by atoms with Crippen molar-refractivity contribution >= 4 is 28.0 Å². The van der Waals surface area contributed by atoms with Gasteiger partial charge in [0.2, 0.25) is 0 Å². The van der Waals surface area contributed by atoms with Crippen LogP contribution in [0.3, 0.4) is 0 Å². The molecule has 42 valence electrons. The van der Waals surface area contributed by atoms with E-state index >= 15 is 0 Å². The van der Waals surface area contributed by atoms with Gasteiger partial charge in [0, 0.05) is 0 Å². The molecule has 0 N–H and O–H groups in total. The van der Waals surface area contributed by atoms with Crippen LogP contribution in [0.4, 0.5) is 0 Å². The molecular weight excluding hydrogens is 190 g/mol. The van der Waals surface area contributed by atoms with Crippen molar-refractivity contribution in [3.05, 3.63) is 0 Å². The topological polar surface area (TPSA) is 33.0 Å². The quantitative estimate of drug-likeness (QED) is 0.287. The summed E-state index contributed by atoms with van der Waals surface area (Å²) < 4.78 is 3.98. The van der Waals surface area contributed by atoms with Crippen LogP contribution in [0.1, 0.15) is 0 Å². The molecule has 1 atom stereocenters. The summed E-state index contributed by atoms with van der Waals surface area (Å²) in [4.78, 5) is 0. The molecule has 0 fully saturated rings. The molecule has 8 heavy (non-hydrogen) atoms. The Morgan fingerprint density at radius 1 is 1.88 bits per heavy atom. The van der Waals surface area contributed by atoms with Gasteiger partial charge in [0.05, 0.1) is 12.0 Å². The van der Waals surface area contributed by atoms with Crippen molar-refractivity contribution in [3.63, 3.8) is 0 Å². The first-order valence-electron chi connectivity index (χ1n) is 1.63. The SMILES string of the molecule is C#CC(Br)SOC#N. The molecule has 0 rings (SSSR count). The second kappa shape index (κ2) is 4.83. The highest BCUT2D eigenvalue weighted by Gasteiger charge is 1.97. The molecule has 0 aliphatic carbocycles. The zero-order valence-electron chi connectivity index (χ0n) is 3.80. The fourth-order valence-corrected chi connectivity index (χ4v) is 0.504. The van der Waals surface area contributed by atoms with Crippen molar-refractivity contribution in [1.82, 2.24) is 0 Å². The van der Waals surface area contributed by atoms with Crippen LogP contribution >= 0.6 is 28.0 Å². The zero-order chi connectivity index (χ0) is 6.41. The van der Waals surface area contributed by atoms with Gasteiger partial charge in [-0.15, -0.1) is 11.7 Å². The van der Waals surface area contributed by atoms with Crippen LogP contribution < -0.4 is 0 Å². The number of nitrogens with zero attached hydrogens (tertiary/aromatic N) is 1. The van der Waals surface area contributed by atoms with Gasteiger partial charge >= 0.3 is 0 Å². The van der Waals surface area contributed by atoms with E-state index in [0.29, 0.717) is 0 Å². The summed E-state index contributed by atoms with van der Waals surface area (Å²) in [6.45, 7) is 0. The summed E-state index contributed by atoms with van der Waals surface area (Å²) in [6.07, 6.45) is 6.38. The summed E-state index contributed by atoms with van der Waals surface area (Å²) in [5, 5.41) is 7.83. The van der Waals surface area contributed by atoms with Gasteiger partial charge in [0.25, 0.3) is 6.26 Å². The van der Waals surface area contributed by atoms with Crippen LogP contribution in [0.25, 0.3) is 0 Å². The van der Waals surface area contributed by atoms with E-state index in [1.165, 1.54) is 6.26 Å². The lowest BCUT2D eigenvalue weighted by molar-refractivity contribution is 0.596. The lowest BCUT2D eigenvalue weighted by atomic mass is 10.8. The molecule has 2 nitrogen and oxygen atoms in total. The van der Waals surface area contributed by atoms with Crippen LogP contribution in [0.5, 0.6) is 0 Å². The van der Waals surface area contributed by atoms with Crippen LogP contribution in [-0.4, -0.2) is 4.16 Å². The molecule has 0 radical (unpaired) electrons. The molecule has 0 aliphatic rings. The second-order valence-electron chi connectivity index (χ2n) is 0.754. The molecule has 0 spiro atoms. The highest BCUT2D eigenvalue weighted by Crippen LogP contribution is 2.15. The minimum absolute atomic E-state index is 0.234. The molecule has 0 saturated heterocycles. The van der Waals surface area contributed by atoms with E-state index in [2.05, 4.69) is 26.0 Å². The Hall–Kier alpha value is -0.320. The highest BCUT2D eigenvalue weighted by molar-refractivity contribution is 9.11. The monoisotopic (exact) mass is 191 g/mol. The van der Waals surface area contributed by atoms with Gasteiger partial charge in [-0.1, -0.05) is 21.9 Å². The van der Waals surface area contributed by atoms with E-state index in [4.69, 9.17) is 11.7 Å². The standard InChI is InChI=1S/C4H2BrNOS/c1-2-4(5)8-7-3-6/h1,4H. The Kier molecular flexibility index (Phi) is 4.64. The third kappa shape index (κ3) is 3.86. The van der Waals surface area contributed by atoms with Gasteiger partial charge in [-0.3, -0.25) is 0 Å². The molecule has 0 heterocycles. The minimum atomic E-state index is -0.234. The van der Waals surface area contributed by atoms with E-state index < -0.39 is 0 Å². The number of hydrogen-bond acceptors (Lipinski definition) is 3. The van der Waals surface area contributed by atoms with Crippen LogP contribution in [-0.2, 0) is 4.18 Å². The Balaban J connectivity index is 3.18. The Morgan fingerprint density at radius 2 is 2.50 bits per heavy atom. The summed E-state index contributed by atoms with van der Waals surface area (Å²) in [7, 11) is 0. The predicted octanol–water partition coefficient (Wildman–Crippen LogP) is 1.49. The molecule has 0 saturated carbocycles. The molecule has 0 bridgehead atoms. The molecular formula is C4H2BrNOS. The lowest BCUT2D eigenvalue weighted by Gasteiger charge is -1.91. The van der Waals surface area contributed by atoms with Crippen molar-refractivity contribution < 1.29 is 4.18 Å². The number of terminal acetylenes is 1. The number of nitriles is 1. The first kappa shape index (κ1) is 7.68. The Bertz CT molecular complexity index is 136. The molecule has 0 aromatic carbocycles. The van der Waals surface area contributed by atoms with E-state index in [1.807, 2.05) is 0 Å². The van der Waals surface area contributed by atoms with Crippen molar-refractivity contribution in [2.45, 2.75) is 4.16 Å². The van der Waals surface area contributed by atoms with Gasteiger partial charge in [-0.25, -0.2) is 0 Å². The Labute approximate surface area is 60.5 Å². The maximum Gasteiger partial charge on any atom is 0.299 e. The van der Waals surface area contributed by atoms with Crippen LogP contribution in [0.15, 0.2) is 0 Å². The van der Waals surface area contributed by atoms with Crippen LogP contribution in [0, 0.1) is 23.9 Å². The third-order valence-corrected chi connectivity index (χ3v) is 1.50. The fourth-order valence-electron chi connectivity index (χ4n) is 0.0915. The minimum Gasteiger partial charge on any atom is -0.350 e. The van der Waals surface area contributed by atoms with Crippen LogP contribution in [0.2, 0.25) is 0 Å². The number of rotatable bonds is 2. The number of halogens is 1. The van der Waals surface area contributed by atoms with Crippen molar-refractivity contribution in [2.75, 3.05) is 0 Å². The zero-order valence-corrected chi connectivity index (χ0v) is 6.20. The van der Waals surface area contributed by atoms with Gasteiger partial charge in [0.15, 0.2) is 4.16 Å².